The Bertz CT molecular complexity index is 879. The Morgan fingerprint density at radius 2 is 1.70 bits per heavy atom. The van der Waals surface area contributed by atoms with Crippen LogP contribution in [0.15, 0.2) is 66.9 Å². The molecule has 0 saturated heterocycles. The largest absolute Gasteiger partial charge is 0.497 e. The number of carbonyl (C=O) groups excluding carboxylic acids is 1. The summed E-state index contributed by atoms with van der Waals surface area (Å²) in [6, 6.07) is 17.2. The summed E-state index contributed by atoms with van der Waals surface area (Å²) >= 11 is 0. The van der Waals surface area contributed by atoms with Crippen LogP contribution in [-0.2, 0) is 6.42 Å². The molecule has 0 saturated carbocycles. The molecule has 5 nitrogen and oxygen atoms in total. The van der Waals surface area contributed by atoms with Crippen molar-refractivity contribution in [2.45, 2.75) is 6.42 Å². The number of halogens is 1. The number of hydrogen-bond donors (Lipinski definition) is 2. The molecule has 0 aliphatic rings. The van der Waals surface area contributed by atoms with Crippen molar-refractivity contribution in [1.82, 2.24) is 10.3 Å². The fourth-order valence-electron chi connectivity index (χ4n) is 2.51. The predicted molar refractivity (Wildman–Crippen MR) is 103 cm³/mol. The lowest BCUT2D eigenvalue weighted by atomic mass is 10.1. The monoisotopic (exact) mass is 365 g/mol. The Hall–Kier alpha value is -3.41. The molecule has 0 aliphatic heterocycles. The number of amides is 1. The Morgan fingerprint density at radius 3 is 2.33 bits per heavy atom. The Balaban J connectivity index is 1.50. The Morgan fingerprint density at radius 1 is 1.00 bits per heavy atom. The standard InChI is InChI=1S/C21H20FN3O2/c1-27-19-9-2-15(3-10-19)12-13-23-21(26)20-11-8-18(14-24-20)25-17-6-4-16(22)5-7-17/h2-11,14,25H,12-13H2,1H3,(H,23,26). The van der Waals surface area contributed by atoms with Gasteiger partial charge in [0, 0.05) is 12.2 Å². The van der Waals surface area contributed by atoms with Crippen molar-refractivity contribution in [1.29, 1.82) is 0 Å². The highest BCUT2D eigenvalue weighted by Gasteiger charge is 2.07. The van der Waals surface area contributed by atoms with Gasteiger partial charge in [0.05, 0.1) is 19.0 Å². The summed E-state index contributed by atoms with van der Waals surface area (Å²) < 4.78 is 18.0. The first-order chi connectivity index (χ1) is 13.1. The van der Waals surface area contributed by atoms with E-state index < -0.39 is 0 Å². The lowest BCUT2D eigenvalue weighted by molar-refractivity contribution is 0.0949. The summed E-state index contributed by atoms with van der Waals surface area (Å²) in [4.78, 5) is 16.4. The number of methoxy groups -OCH3 is 1. The summed E-state index contributed by atoms with van der Waals surface area (Å²) in [7, 11) is 1.63. The van der Waals surface area contributed by atoms with Crippen LogP contribution in [0.25, 0.3) is 0 Å². The minimum absolute atomic E-state index is 0.225. The third-order valence-electron chi connectivity index (χ3n) is 3.99. The van der Waals surface area contributed by atoms with Crippen LogP contribution in [-0.4, -0.2) is 24.5 Å². The highest BCUT2D eigenvalue weighted by molar-refractivity contribution is 5.92. The van der Waals surface area contributed by atoms with E-state index in [9.17, 15) is 9.18 Å². The van der Waals surface area contributed by atoms with E-state index in [0.29, 0.717) is 12.2 Å². The van der Waals surface area contributed by atoms with Gasteiger partial charge >= 0.3 is 0 Å². The molecule has 1 amide bonds. The van der Waals surface area contributed by atoms with Crippen molar-refractivity contribution in [3.63, 3.8) is 0 Å². The van der Waals surface area contributed by atoms with Crippen LogP contribution in [0.5, 0.6) is 5.75 Å². The highest BCUT2D eigenvalue weighted by atomic mass is 19.1. The molecule has 2 aromatic carbocycles. The zero-order valence-electron chi connectivity index (χ0n) is 14.9. The normalized spacial score (nSPS) is 10.3. The summed E-state index contributed by atoms with van der Waals surface area (Å²) in [6.07, 6.45) is 2.29. The number of anilines is 2. The van der Waals surface area contributed by atoms with Crippen LogP contribution in [0.3, 0.4) is 0 Å². The van der Waals surface area contributed by atoms with E-state index >= 15 is 0 Å². The minimum Gasteiger partial charge on any atom is -0.497 e. The van der Waals surface area contributed by atoms with Gasteiger partial charge in [0.25, 0.3) is 5.91 Å². The number of nitrogens with one attached hydrogen (secondary N) is 2. The fourth-order valence-corrected chi connectivity index (χ4v) is 2.51. The molecule has 0 bridgehead atoms. The molecule has 3 aromatic rings. The van der Waals surface area contributed by atoms with E-state index in [4.69, 9.17) is 4.74 Å². The second kappa shape index (κ2) is 8.80. The Kier molecular flexibility index (Phi) is 5.99. The average molecular weight is 365 g/mol. The second-order valence-electron chi connectivity index (χ2n) is 5.92. The number of pyridine rings is 1. The van der Waals surface area contributed by atoms with Crippen LogP contribution < -0.4 is 15.4 Å². The number of carbonyl (C=O) groups is 1. The van der Waals surface area contributed by atoms with Crippen LogP contribution in [0.1, 0.15) is 16.1 Å². The topological polar surface area (TPSA) is 63.2 Å². The zero-order chi connectivity index (χ0) is 19.1. The minimum atomic E-state index is -0.291. The van der Waals surface area contributed by atoms with E-state index in [1.807, 2.05) is 24.3 Å². The lowest BCUT2D eigenvalue weighted by Crippen LogP contribution is -2.26. The highest BCUT2D eigenvalue weighted by Crippen LogP contribution is 2.16. The summed E-state index contributed by atoms with van der Waals surface area (Å²) in [6.45, 7) is 0.516. The van der Waals surface area contributed by atoms with Crippen molar-refractivity contribution >= 4 is 17.3 Å². The molecule has 0 spiro atoms. The van der Waals surface area contributed by atoms with Gasteiger partial charge in [-0.2, -0.15) is 0 Å². The lowest BCUT2D eigenvalue weighted by Gasteiger charge is -2.08. The molecule has 3 rings (SSSR count). The first-order valence-corrected chi connectivity index (χ1v) is 8.54. The first kappa shape index (κ1) is 18.4. The van der Waals surface area contributed by atoms with Crippen LogP contribution in [0, 0.1) is 5.82 Å². The van der Waals surface area contributed by atoms with Crippen molar-refractivity contribution < 1.29 is 13.9 Å². The van der Waals surface area contributed by atoms with Gasteiger partial charge in [-0.05, 0) is 60.5 Å². The molecular weight excluding hydrogens is 345 g/mol. The first-order valence-electron chi connectivity index (χ1n) is 8.54. The van der Waals surface area contributed by atoms with E-state index in [2.05, 4.69) is 15.6 Å². The van der Waals surface area contributed by atoms with Crippen LogP contribution in [0.4, 0.5) is 15.8 Å². The number of hydrogen-bond acceptors (Lipinski definition) is 4. The number of rotatable bonds is 7. The fraction of sp³-hybridized carbons (Fsp3) is 0.143. The quantitative estimate of drug-likeness (QED) is 0.666. The third kappa shape index (κ3) is 5.28. The Labute approximate surface area is 157 Å². The van der Waals surface area contributed by atoms with Crippen molar-refractivity contribution in [2.75, 3.05) is 19.0 Å². The van der Waals surface area contributed by atoms with Crippen molar-refractivity contribution in [2.24, 2.45) is 0 Å². The molecule has 0 aliphatic carbocycles. The third-order valence-corrected chi connectivity index (χ3v) is 3.99. The smallest absolute Gasteiger partial charge is 0.269 e. The summed E-state index contributed by atoms with van der Waals surface area (Å²) in [5.41, 5.74) is 2.92. The molecule has 0 atom stereocenters. The van der Waals surface area contributed by atoms with Gasteiger partial charge in [-0.25, -0.2) is 9.37 Å². The van der Waals surface area contributed by atoms with Crippen LogP contribution >= 0.6 is 0 Å². The number of nitrogens with zero attached hydrogens (tertiary/aromatic N) is 1. The molecular formula is C21H20FN3O2. The predicted octanol–water partition coefficient (Wildman–Crippen LogP) is 3.95. The molecule has 138 valence electrons. The van der Waals surface area contributed by atoms with Crippen LogP contribution in [0.2, 0.25) is 0 Å². The zero-order valence-corrected chi connectivity index (χ0v) is 14.9. The molecule has 0 radical (unpaired) electrons. The van der Waals surface area contributed by atoms with Crippen molar-refractivity contribution in [3.05, 3.63) is 83.9 Å². The van der Waals surface area contributed by atoms with E-state index in [0.717, 1.165) is 29.1 Å². The van der Waals surface area contributed by atoms with Gasteiger partial charge < -0.3 is 15.4 Å². The molecule has 1 heterocycles. The SMILES string of the molecule is COc1ccc(CCNC(=O)c2ccc(Nc3ccc(F)cc3)cn2)cc1. The van der Waals surface area contributed by atoms with E-state index in [1.165, 1.54) is 12.1 Å². The number of benzene rings is 2. The van der Waals surface area contributed by atoms with Gasteiger partial charge in [-0.1, -0.05) is 12.1 Å². The molecule has 0 unspecified atom stereocenters. The molecule has 2 N–H and O–H groups in total. The molecule has 27 heavy (non-hydrogen) atoms. The summed E-state index contributed by atoms with van der Waals surface area (Å²) in [5.74, 6) is 0.290. The molecule has 1 aromatic heterocycles. The number of ether oxygens (including phenoxy) is 1. The average Bonchev–Trinajstić information content (AvgIpc) is 2.71. The van der Waals surface area contributed by atoms with Gasteiger partial charge in [0.1, 0.15) is 17.3 Å². The van der Waals surface area contributed by atoms with Gasteiger partial charge in [-0.15, -0.1) is 0 Å². The molecule has 6 heteroatoms. The van der Waals surface area contributed by atoms with Gasteiger partial charge in [0.2, 0.25) is 0 Å². The van der Waals surface area contributed by atoms with E-state index in [-0.39, 0.29) is 11.7 Å². The van der Waals surface area contributed by atoms with Gasteiger partial charge in [-0.3, -0.25) is 4.79 Å². The maximum atomic E-state index is 12.9. The maximum Gasteiger partial charge on any atom is 0.269 e. The van der Waals surface area contributed by atoms with E-state index in [1.54, 1.807) is 37.6 Å². The summed E-state index contributed by atoms with van der Waals surface area (Å²) in [5, 5.41) is 5.96. The van der Waals surface area contributed by atoms with Crippen molar-refractivity contribution in [3.8, 4) is 5.75 Å². The van der Waals surface area contributed by atoms with Gasteiger partial charge in [0.15, 0.2) is 0 Å². The molecule has 0 fully saturated rings. The second-order valence-corrected chi connectivity index (χ2v) is 5.92. The maximum absolute atomic E-state index is 12.9. The number of aromatic nitrogens is 1.